The second kappa shape index (κ2) is 7.09. The smallest absolute Gasteiger partial charge is 0.265 e. The number of para-hydroxylation sites is 1. The normalized spacial score (nSPS) is 15.7. The summed E-state index contributed by atoms with van der Waals surface area (Å²) in [5, 5.41) is 0. The first-order chi connectivity index (χ1) is 12.6. The molecule has 3 rings (SSSR count). The highest BCUT2D eigenvalue weighted by atomic mass is 32.2. The maximum absolute atomic E-state index is 11.0. The van der Waals surface area contributed by atoms with Gasteiger partial charge in [0.2, 0.25) is 5.69 Å². The lowest BCUT2D eigenvalue weighted by atomic mass is 9.82. The van der Waals surface area contributed by atoms with Gasteiger partial charge in [0, 0.05) is 43.4 Å². The highest BCUT2D eigenvalue weighted by molar-refractivity contribution is 7.85. The minimum absolute atomic E-state index is 0.138. The zero-order valence-electron chi connectivity index (χ0n) is 16.3. The summed E-state index contributed by atoms with van der Waals surface area (Å²) in [7, 11) is -1.88. The lowest BCUT2D eigenvalue weighted by Crippen LogP contribution is -2.27. The zero-order chi connectivity index (χ0) is 19.8. The lowest BCUT2D eigenvalue weighted by Gasteiger charge is -2.22. The first-order valence-electron chi connectivity index (χ1n) is 9.11. The van der Waals surface area contributed by atoms with Gasteiger partial charge in [0.1, 0.15) is 6.54 Å². The number of rotatable bonds is 6. The summed E-state index contributed by atoms with van der Waals surface area (Å²) < 4.78 is 33.3. The van der Waals surface area contributed by atoms with Crippen LogP contribution in [-0.2, 0) is 15.5 Å². The highest BCUT2D eigenvalue weighted by Crippen LogP contribution is 2.42. The van der Waals surface area contributed by atoms with E-state index >= 15 is 0 Å². The Hall–Kier alpha value is -2.18. The van der Waals surface area contributed by atoms with E-state index in [0.717, 1.165) is 17.1 Å². The van der Waals surface area contributed by atoms with E-state index in [-0.39, 0.29) is 11.2 Å². The Morgan fingerprint density at radius 3 is 2.37 bits per heavy atom. The summed E-state index contributed by atoms with van der Waals surface area (Å²) in [5.74, 6) is -0.221. The van der Waals surface area contributed by atoms with Crippen molar-refractivity contribution in [2.24, 2.45) is 0 Å². The molecule has 2 aromatic carbocycles. The Kier molecular flexibility index (Phi) is 5.14. The van der Waals surface area contributed by atoms with Crippen molar-refractivity contribution >= 4 is 32.9 Å². The molecule has 1 aliphatic heterocycles. The van der Waals surface area contributed by atoms with Crippen LogP contribution in [0, 0.1) is 0 Å². The molecule has 144 valence electrons. The van der Waals surface area contributed by atoms with Crippen molar-refractivity contribution in [3.8, 4) is 0 Å². The number of benzene rings is 2. The van der Waals surface area contributed by atoms with Crippen molar-refractivity contribution in [2.75, 3.05) is 24.2 Å². The van der Waals surface area contributed by atoms with E-state index in [1.807, 2.05) is 18.2 Å². The van der Waals surface area contributed by atoms with Crippen LogP contribution in [0.15, 0.2) is 48.5 Å². The van der Waals surface area contributed by atoms with Crippen LogP contribution < -0.4 is 4.90 Å². The fourth-order valence-electron chi connectivity index (χ4n) is 3.68. The molecule has 0 radical (unpaired) electrons. The van der Waals surface area contributed by atoms with Crippen LogP contribution in [0.2, 0.25) is 0 Å². The Morgan fingerprint density at radius 1 is 1.07 bits per heavy atom. The van der Waals surface area contributed by atoms with Gasteiger partial charge >= 0.3 is 0 Å². The molecule has 27 heavy (non-hydrogen) atoms. The minimum Gasteiger partial charge on any atom is -0.345 e. The number of anilines is 2. The van der Waals surface area contributed by atoms with Crippen LogP contribution in [0.25, 0.3) is 0 Å². The van der Waals surface area contributed by atoms with Gasteiger partial charge in [-0.2, -0.15) is 13.0 Å². The summed E-state index contributed by atoms with van der Waals surface area (Å²) in [5.41, 5.74) is 5.62. The maximum Gasteiger partial charge on any atom is 0.265 e. The van der Waals surface area contributed by atoms with Gasteiger partial charge in [-0.15, -0.1) is 0 Å². The molecule has 0 bridgehead atoms. The number of fused-ring (bicyclic) bond motifs is 1. The van der Waals surface area contributed by atoms with Crippen molar-refractivity contribution in [1.29, 1.82) is 0 Å². The van der Waals surface area contributed by atoms with Crippen LogP contribution in [-0.4, -0.2) is 42.6 Å². The van der Waals surface area contributed by atoms with E-state index in [1.54, 1.807) is 0 Å². The molecule has 0 spiro atoms. The third kappa shape index (κ3) is 3.92. The minimum atomic E-state index is -3.93. The molecule has 1 aliphatic rings. The number of hydrogen-bond donors (Lipinski definition) is 1. The van der Waals surface area contributed by atoms with Gasteiger partial charge in [-0.05, 0) is 38.1 Å². The molecule has 6 heteroatoms. The molecule has 0 saturated carbocycles. The van der Waals surface area contributed by atoms with Gasteiger partial charge in [0.05, 0.1) is 11.2 Å². The monoisotopic (exact) mass is 387 g/mol. The Morgan fingerprint density at radius 2 is 1.74 bits per heavy atom. The van der Waals surface area contributed by atoms with Crippen LogP contribution >= 0.6 is 0 Å². The molecule has 1 N–H and O–H groups in total. The van der Waals surface area contributed by atoms with Crippen molar-refractivity contribution in [1.82, 2.24) is 0 Å². The quantitative estimate of drug-likeness (QED) is 0.598. The van der Waals surface area contributed by atoms with E-state index in [9.17, 15) is 8.42 Å². The molecular weight excluding hydrogens is 360 g/mol. The van der Waals surface area contributed by atoms with Crippen LogP contribution in [0.5, 0.6) is 0 Å². The molecule has 0 atom stereocenters. The number of hydrogen-bond acceptors (Lipinski definition) is 3. The van der Waals surface area contributed by atoms with Crippen molar-refractivity contribution in [2.45, 2.75) is 32.6 Å². The molecule has 0 aliphatic carbocycles. The Bertz CT molecular complexity index is 980. The average molecular weight is 388 g/mol. The van der Waals surface area contributed by atoms with Crippen LogP contribution in [0.3, 0.4) is 0 Å². The maximum atomic E-state index is 11.0. The second-order valence-electron chi connectivity index (χ2n) is 7.60. The topological polar surface area (TPSA) is 60.6 Å². The fourth-order valence-corrected chi connectivity index (χ4v) is 4.17. The molecule has 2 aromatic rings. The average Bonchev–Trinajstić information content (AvgIpc) is 2.81. The molecule has 0 amide bonds. The van der Waals surface area contributed by atoms with E-state index in [2.05, 4.69) is 67.6 Å². The summed E-state index contributed by atoms with van der Waals surface area (Å²) in [6.45, 7) is 7.04. The predicted molar refractivity (Wildman–Crippen MR) is 110 cm³/mol. The lowest BCUT2D eigenvalue weighted by molar-refractivity contribution is -0.438. The van der Waals surface area contributed by atoms with Crippen molar-refractivity contribution in [3.63, 3.8) is 0 Å². The third-order valence-corrected chi connectivity index (χ3v) is 6.37. The first kappa shape index (κ1) is 19.6. The highest BCUT2D eigenvalue weighted by Gasteiger charge is 2.43. The Balaban J connectivity index is 1.92. The summed E-state index contributed by atoms with van der Waals surface area (Å²) in [6, 6.07) is 16.6. The molecule has 1 heterocycles. The van der Waals surface area contributed by atoms with E-state index < -0.39 is 10.1 Å². The molecular formula is C21H27N2O3S+. The van der Waals surface area contributed by atoms with Gasteiger partial charge in [0.15, 0.2) is 5.71 Å². The predicted octanol–water partition coefficient (Wildman–Crippen LogP) is 4.13. The van der Waals surface area contributed by atoms with Gasteiger partial charge < -0.3 is 4.90 Å². The van der Waals surface area contributed by atoms with Crippen LogP contribution in [0.1, 0.15) is 32.8 Å². The summed E-state index contributed by atoms with van der Waals surface area (Å²) in [4.78, 5) is 2.16. The van der Waals surface area contributed by atoms with Crippen molar-refractivity contribution < 1.29 is 17.5 Å². The van der Waals surface area contributed by atoms with Gasteiger partial charge in [-0.25, -0.2) is 0 Å². The van der Waals surface area contributed by atoms with Crippen molar-refractivity contribution in [3.05, 3.63) is 54.1 Å². The molecule has 0 fully saturated rings. The summed E-state index contributed by atoms with van der Waals surface area (Å²) in [6.07, 6.45) is 0.386. The van der Waals surface area contributed by atoms with Gasteiger partial charge in [-0.1, -0.05) is 18.2 Å². The zero-order valence-corrected chi connectivity index (χ0v) is 17.1. The second-order valence-corrected chi connectivity index (χ2v) is 9.17. The third-order valence-electron chi connectivity index (χ3n) is 5.57. The van der Waals surface area contributed by atoms with Gasteiger partial charge in [0.25, 0.3) is 10.1 Å². The molecule has 5 nitrogen and oxygen atoms in total. The summed E-state index contributed by atoms with van der Waals surface area (Å²) >= 11 is 0. The Labute approximate surface area is 161 Å². The number of nitrogens with zero attached hydrogens (tertiary/aromatic N) is 2. The standard InChI is InChI=1S/C21H26N2O3S/c1-16-21(2,3)19-15-18(22(4)17-9-6-5-7-10-17)11-12-20(19)23(16)13-8-14-27(24,25)26/h5-7,9-12,15H,8,13-14H2,1-4H3/p+1. The van der Waals surface area contributed by atoms with Gasteiger partial charge in [-0.3, -0.25) is 4.55 Å². The SMILES string of the molecule is CC1=[N+](CCCS(=O)(=O)O)c2ccc(N(C)c3ccccc3)cc2C1(C)C. The van der Waals surface area contributed by atoms with E-state index in [0.29, 0.717) is 13.0 Å². The molecule has 0 unspecified atom stereocenters. The van der Waals surface area contributed by atoms with E-state index in [4.69, 9.17) is 4.55 Å². The largest absolute Gasteiger partial charge is 0.345 e. The van der Waals surface area contributed by atoms with E-state index in [1.165, 1.54) is 11.3 Å². The van der Waals surface area contributed by atoms with Crippen LogP contribution in [0.4, 0.5) is 17.1 Å². The fraction of sp³-hybridized carbons (Fsp3) is 0.381. The molecule has 0 aromatic heterocycles. The first-order valence-corrected chi connectivity index (χ1v) is 10.7. The molecule has 0 saturated heterocycles.